The maximum Gasteiger partial charge on any atom is 0.345 e. The van der Waals surface area contributed by atoms with Crippen LogP contribution in [-0.2, 0) is 28.9 Å². The van der Waals surface area contributed by atoms with Crippen molar-refractivity contribution in [3.63, 3.8) is 0 Å². The second-order valence-corrected chi connectivity index (χ2v) is 7.28. The normalized spacial score (nSPS) is 19.3. The topological polar surface area (TPSA) is 101 Å². The summed E-state index contributed by atoms with van der Waals surface area (Å²) in [6.07, 6.45) is 2.58. The number of aromatic amines is 1. The van der Waals surface area contributed by atoms with Crippen LogP contribution in [0.4, 0.5) is 0 Å². The molecule has 8 heteroatoms. The van der Waals surface area contributed by atoms with Crippen LogP contribution in [0.15, 0.2) is 9.21 Å². The highest BCUT2D eigenvalue weighted by Crippen LogP contribution is 2.29. The lowest BCUT2D eigenvalue weighted by Crippen LogP contribution is -2.36. The Labute approximate surface area is 157 Å². The predicted molar refractivity (Wildman–Crippen MR) is 96.5 cm³/mol. The third kappa shape index (κ3) is 3.66. The summed E-state index contributed by atoms with van der Waals surface area (Å²) in [6.45, 7) is 6.19. The number of oxazole rings is 1. The van der Waals surface area contributed by atoms with Gasteiger partial charge in [0.15, 0.2) is 5.89 Å². The smallest absolute Gasteiger partial charge is 0.345 e. The van der Waals surface area contributed by atoms with E-state index >= 15 is 0 Å². The lowest BCUT2D eigenvalue weighted by Gasteiger charge is -2.25. The third-order valence-corrected chi connectivity index (χ3v) is 5.42. The number of fused-ring (bicyclic) bond motifs is 1. The van der Waals surface area contributed by atoms with Crippen LogP contribution in [0.5, 0.6) is 0 Å². The van der Waals surface area contributed by atoms with Gasteiger partial charge in [-0.15, -0.1) is 0 Å². The molecule has 1 unspecified atom stereocenters. The van der Waals surface area contributed by atoms with Crippen LogP contribution in [0, 0.1) is 13.8 Å². The van der Waals surface area contributed by atoms with Crippen molar-refractivity contribution in [3.8, 4) is 0 Å². The Hall–Kier alpha value is -2.48. The molecule has 2 aromatic rings. The lowest BCUT2D eigenvalue weighted by atomic mass is 10.1. The van der Waals surface area contributed by atoms with Crippen LogP contribution in [0.2, 0.25) is 0 Å². The van der Waals surface area contributed by atoms with E-state index < -0.39 is 0 Å². The number of nitrogens with zero attached hydrogens (tertiary/aromatic N) is 3. The lowest BCUT2D eigenvalue weighted by molar-refractivity contribution is -0.132. The van der Waals surface area contributed by atoms with Crippen molar-refractivity contribution in [2.45, 2.75) is 52.0 Å². The largest absolute Gasteiger partial charge is 0.445 e. The van der Waals surface area contributed by atoms with Gasteiger partial charge in [0.2, 0.25) is 5.91 Å². The van der Waals surface area contributed by atoms with Gasteiger partial charge >= 0.3 is 5.69 Å². The molecule has 2 aliphatic rings. The van der Waals surface area contributed by atoms with Crippen LogP contribution in [0.3, 0.4) is 0 Å². The minimum absolute atomic E-state index is 0.0828. The molecule has 0 aliphatic carbocycles. The van der Waals surface area contributed by atoms with Crippen molar-refractivity contribution in [1.82, 2.24) is 19.9 Å². The van der Waals surface area contributed by atoms with Crippen LogP contribution in [0.1, 0.15) is 53.1 Å². The minimum Gasteiger partial charge on any atom is -0.445 e. The van der Waals surface area contributed by atoms with Gasteiger partial charge < -0.3 is 19.0 Å². The van der Waals surface area contributed by atoms with E-state index in [9.17, 15) is 9.59 Å². The van der Waals surface area contributed by atoms with E-state index in [0.717, 1.165) is 41.6 Å². The Morgan fingerprint density at radius 3 is 2.93 bits per heavy atom. The molecule has 27 heavy (non-hydrogen) atoms. The summed E-state index contributed by atoms with van der Waals surface area (Å²) in [5.74, 6) is 1.97. The fourth-order valence-corrected chi connectivity index (χ4v) is 3.85. The van der Waals surface area contributed by atoms with E-state index in [4.69, 9.17) is 9.15 Å². The SMILES string of the molecule is Cc1nc(=O)[nH]c(C)c1CCC(=O)N1CCc2oc(C3CCOC3)nc2C1. The summed E-state index contributed by atoms with van der Waals surface area (Å²) < 4.78 is 11.3. The molecule has 1 amide bonds. The van der Waals surface area contributed by atoms with Crippen LogP contribution in [0.25, 0.3) is 0 Å². The number of aromatic nitrogens is 3. The number of H-pyrrole nitrogens is 1. The highest BCUT2D eigenvalue weighted by atomic mass is 16.5. The molecule has 1 N–H and O–H groups in total. The van der Waals surface area contributed by atoms with Crippen molar-refractivity contribution in [2.75, 3.05) is 19.8 Å². The average molecular weight is 372 g/mol. The maximum atomic E-state index is 12.7. The van der Waals surface area contributed by atoms with Crippen LogP contribution in [-0.4, -0.2) is 45.5 Å². The number of aryl methyl sites for hydroxylation is 2. The molecule has 1 atom stereocenters. The van der Waals surface area contributed by atoms with Gasteiger partial charge in [-0.05, 0) is 32.3 Å². The molecule has 0 bridgehead atoms. The van der Waals surface area contributed by atoms with Crippen LogP contribution < -0.4 is 5.69 Å². The molecule has 8 nitrogen and oxygen atoms in total. The summed E-state index contributed by atoms with van der Waals surface area (Å²) in [6, 6.07) is 0. The van der Waals surface area contributed by atoms with E-state index in [2.05, 4.69) is 15.0 Å². The van der Waals surface area contributed by atoms with Gasteiger partial charge in [0.05, 0.1) is 19.1 Å². The number of hydrogen-bond donors (Lipinski definition) is 1. The third-order valence-electron chi connectivity index (χ3n) is 5.42. The standard InChI is InChI=1S/C19H24N4O4/c1-11-14(12(2)21-19(25)20-11)3-4-17(24)23-7-5-16-15(9-23)22-18(27-16)13-6-8-26-10-13/h13H,3-10H2,1-2H3,(H,20,21,25). The van der Waals surface area contributed by atoms with Gasteiger partial charge in [-0.1, -0.05) is 0 Å². The minimum atomic E-state index is -0.349. The zero-order valence-corrected chi connectivity index (χ0v) is 15.7. The summed E-state index contributed by atoms with van der Waals surface area (Å²) in [5.41, 5.74) is 2.92. The molecule has 4 heterocycles. The van der Waals surface area contributed by atoms with E-state index in [1.165, 1.54) is 0 Å². The molecule has 1 saturated heterocycles. The molecular weight excluding hydrogens is 348 g/mol. The number of carbonyl (C=O) groups is 1. The van der Waals surface area contributed by atoms with E-state index in [1.807, 2.05) is 11.8 Å². The van der Waals surface area contributed by atoms with Gasteiger partial charge in [0.25, 0.3) is 0 Å². The molecule has 0 aromatic carbocycles. The zero-order valence-electron chi connectivity index (χ0n) is 15.7. The van der Waals surface area contributed by atoms with Crippen LogP contribution >= 0.6 is 0 Å². The fraction of sp³-hybridized carbons (Fsp3) is 0.579. The van der Waals surface area contributed by atoms with Crippen molar-refractivity contribution in [2.24, 2.45) is 0 Å². The summed E-state index contributed by atoms with van der Waals surface area (Å²) in [5, 5.41) is 0. The van der Waals surface area contributed by atoms with Gasteiger partial charge in [0, 0.05) is 37.4 Å². The Morgan fingerprint density at radius 1 is 1.33 bits per heavy atom. The predicted octanol–water partition coefficient (Wildman–Crippen LogP) is 1.40. The second-order valence-electron chi connectivity index (χ2n) is 7.28. The molecule has 2 aromatic heterocycles. The first-order valence-electron chi connectivity index (χ1n) is 9.41. The molecule has 4 rings (SSSR count). The second kappa shape index (κ2) is 7.26. The summed E-state index contributed by atoms with van der Waals surface area (Å²) in [7, 11) is 0. The molecule has 144 valence electrons. The molecule has 0 saturated carbocycles. The van der Waals surface area contributed by atoms with Gasteiger partial charge in [-0.2, -0.15) is 4.98 Å². The first kappa shape index (κ1) is 17.9. The Balaban J connectivity index is 1.40. The average Bonchev–Trinajstić information content (AvgIpc) is 3.29. The number of ether oxygens (including phenoxy) is 1. The molecule has 0 spiro atoms. The molecule has 1 fully saturated rings. The number of hydrogen-bond acceptors (Lipinski definition) is 6. The van der Waals surface area contributed by atoms with Gasteiger partial charge in [0.1, 0.15) is 11.5 Å². The fourth-order valence-electron chi connectivity index (χ4n) is 3.85. The number of nitrogens with one attached hydrogen (secondary N) is 1. The van der Waals surface area contributed by atoms with Gasteiger partial charge in [-0.3, -0.25) is 4.79 Å². The maximum absolute atomic E-state index is 12.7. The van der Waals surface area contributed by atoms with Crippen molar-refractivity contribution < 1.29 is 13.9 Å². The first-order valence-corrected chi connectivity index (χ1v) is 9.41. The Bertz CT molecular complexity index is 885. The van der Waals surface area contributed by atoms with E-state index in [0.29, 0.717) is 44.7 Å². The number of rotatable bonds is 4. The van der Waals surface area contributed by atoms with Crippen molar-refractivity contribution in [3.05, 3.63) is 44.8 Å². The Morgan fingerprint density at radius 2 is 2.19 bits per heavy atom. The first-order chi connectivity index (χ1) is 13.0. The summed E-state index contributed by atoms with van der Waals surface area (Å²) >= 11 is 0. The quantitative estimate of drug-likeness (QED) is 0.870. The van der Waals surface area contributed by atoms with Crippen molar-refractivity contribution >= 4 is 5.91 Å². The van der Waals surface area contributed by atoms with Gasteiger partial charge in [-0.25, -0.2) is 9.78 Å². The summed E-state index contributed by atoms with van der Waals surface area (Å²) in [4.78, 5) is 37.2. The number of carbonyl (C=O) groups excluding carboxylic acids is 1. The zero-order chi connectivity index (χ0) is 19.0. The van der Waals surface area contributed by atoms with E-state index in [1.54, 1.807) is 6.92 Å². The number of amides is 1. The Kier molecular flexibility index (Phi) is 4.82. The highest BCUT2D eigenvalue weighted by Gasteiger charge is 2.29. The molecular formula is C19H24N4O4. The monoisotopic (exact) mass is 372 g/mol. The highest BCUT2D eigenvalue weighted by molar-refractivity contribution is 5.76. The van der Waals surface area contributed by atoms with E-state index in [-0.39, 0.29) is 17.5 Å². The van der Waals surface area contributed by atoms with Crippen molar-refractivity contribution in [1.29, 1.82) is 0 Å². The molecule has 0 radical (unpaired) electrons. The molecule has 2 aliphatic heterocycles.